The number of hydrogen-bond acceptors (Lipinski definition) is 1. The van der Waals surface area contributed by atoms with Crippen molar-refractivity contribution in [3.05, 3.63) is 0 Å². The highest BCUT2D eigenvalue weighted by Crippen LogP contribution is 2.02. The molecule has 0 spiro atoms. The van der Waals surface area contributed by atoms with Gasteiger partial charge in [-0.25, -0.2) is 0 Å². The smallest absolute Gasteiger partial charge is 0.00989 e. The molecule has 0 saturated carbocycles. The van der Waals surface area contributed by atoms with Gasteiger partial charge in [0.2, 0.25) is 0 Å². The van der Waals surface area contributed by atoms with Crippen molar-refractivity contribution >= 4 is 0 Å². The van der Waals surface area contributed by atoms with E-state index in [9.17, 15) is 0 Å². The van der Waals surface area contributed by atoms with Crippen molar-refractivity contribution in [3.8, 4) is 0 Å². The van der Waals surface area contributed by atoms with E-state index in [0.29, 0.717) is 6.04 Å². The zero-order valence-electron chi connectivity index (χ0n) is 7.28. The summed E-state index contributed by atoms with van der Waals surface area (Å²) in [5, 5.41) is 3.47. The highest BCUT2D eigenvalue weighted by atomic mass is 15.0. The molecule has 0 heterocycles. The molecule has 0 amide bonds. The summed E-state index contributed by atoms with van der Waals surface area (Å²) in [5.41, 5.74) is 0.273. The van der Waals surface area contributed by atoms with Gasteiger partial charge in [0.05, 0.1) is 0 Å². The maximum absolute atomic E-state index is 3.47. The molecule has 0 bridgehead atoms. The summed E-state index contributed by atoms with van der Waals surface area (Å²) < 4.78 is 0. The summed E-state index contributed by atoms with van der Waals surface area (Å²) in [7, 11) is 0. The van der Waals surface area contributed by atoms with Gasteiger partial charge in [-0.15, -0.1) is 0 Å². The molecule has 1 unspecified atom stereocenters. The van der Waals surface area contributed by atoms with Crippen molar-refractivity contribution in [1.82, 2.24) is 5.32 Å². The molecule has 0 aliphatic heterocycles. The highest BCUT2D eigenvalue weighted by Gasteiger charge is 2.10. The number of rotatable bonds is 2. The molecule has 9 heavy (non-hydrogen) atoms. The van der Waals surface area contributed by atoms with Crippen LogP contribution in [0.4, 0.5) is 0 Å². The van der Waals surface area contributed by atoms with Gasteiger partial charge < -0.3 is 5.32 Å². The van der Waals surface area contributed by atoms with E-state index < -0.39 is 0 Å². The van der Waals surface area contributed by atoms with Crippen LogP contribution < -0.4 is 5.32 Å². The summed E-state index contributed by atoms with van der Waals surface area (Å²) in [4.78, 5) is 0. The van der Waals surface area contributed by atoms with Crippen LogP contribution in [0, 0.1) is 0 Å². The normalized spacial score (nSPS) is 15.7. The molecule has 0 aromatic carbocycles. The minimum absolute atomic E-state index is 0.273. The van der Waals surface area contributed by atoms with Crippen LogP contribution >= 0.6 is 0 Å². The summed E-state index contributed by atoms with van der Waals surface area (Å²) >= 11 is 0. The Morgan fingerprint density at radius 3 is 1.89 bits per heavy atom. The molecule has 0 saturated heterocycles. The summed E-state index contributed by atoms with van der Waals surface area (Å²) in [5.74, 6) is 0. The highest BCUT2D eigenvalue weighted by molar-refractivity contribution is 4.73. The van der Waals surface area contributed by atoms with Crippen LogP contribution in [-0.4, -0.2) is 11.6 Å². The molecule has 0 aromatic rings. The number of nitrogens with one attached hydrogen (secondary N) is 1. The predicted molar refractivity (Wildman–Crippen MR) is 42.6 cm³/mol. The van der Waals surface area contributed by atoms with Crippen molar-refractivity contribution in [1.29, 1.82) is 0 Å². The molecule has 1 N–H and O–H groups in total. The van der Waals surface area contributed by atoms with Gasteiger partial charge in [0, 0.05) is 11.6 Å². The molecule has 0 rings (SSSR count). The van der Waals surface area contributed by atoms with E-state index in [1.54, 1.807) is 0 Å². The standard InChI is InChI=1S/C8H19N/c1-6-7(2)9-8(3,4)5/h7,9H,6H2,1-5H3. The zero-order chi connectivity index (χ0) is 7.49. The summed E-state index contributed by atoms with van der Waals surface area (Å²) in [6.45, 7) is 11.0. The summed E-state index contributed by atoms with van der Waals surface area (Å²) in [6.07, 6.45) is 1.21. The van der Waals surface area contributed by atoms with Crippen LogP contribution in [0.15, 0.2) is 0 Å². The molecule has 56 valence electrons. The van der Waals surface area contributed by atoms with E-state index in [1.807, 2.05) is 0 Å². The van der Waals surface area contributed by atoms with E-state index in [4.69, 9.17) is 0 Å². The molecule has 1 heteroatoms. The largest absolute Gasteiger partial charge is 0.310 e. The minimum Gasteiger partial charge on any atom is -0.310 e. The lowest BCUT2D eigenvalue weighted by atomic mass is 10.1. The molecular formula is C8H19N. The Labute approximate surface area is 58.8 Å². The zero-order valence-corrected chi connectivity index (χ0v) is 7.28. The van der Waals surface area contributed by atoms with Gasteiger partial charge in [-0.2, -0.15) is 0 Å². The van der Waals surface area contributed by atoms with Gasteiger partial charge in [0.1, 0.15) is 0 Å². The molecule has 0 aliphatic carbocycles. The van der Waals surface area contributed by atoms with Crippen molar-refractivity contribution in [2.24, 2.45) is 0 Å². The first-order chi connectivity index (χ1) is 3.95. The van der Waals surface area contributed by atoms with Gasteiger partial charge in [-0.1, -0.05) is 6.92 Å². The second kappa shape index (κ2) is 3.21. The van der Waals surface area contributed by atoms with Gasteiger partial charge in [-0.05, 0) is 34.1 Å². The van der Waals surface area contributed by atoms with Gasteiger partial charge in [-0.3, -0.25) is 0 Å². The first-order valence-corrected chi connectivity index (χ1v) is 3.73. The van der Waals surface area contributed by atoms with Crippen LogP contribution in [0.5, 0.6) is 0 Å². The monoisotopic (exact) mass is 129 g/mol. The Morgan fingerprint density at radius 2 is 1.78 bits per heavy atom. The number of hydrogen-bond donors (Lipinski definition) is 1. The SMILES string of the molecule is CCC(C)NC(C)(C)C. The third-order valence-electron chi connectivity index (χ3n) is 1.29. The van der Waals surface area contributed by atoms with E-state index in [2.05, 4.69) is 39.9 Å². The average molecular weight is 129 g/mol. The van der Waals surface area contributed by atoms with E-state index >= 15 is 0 Å². The lowest BCUT2D eigenvalue weighted by Crippen LogP contribution is -2.41. The Morgan fingerprint density at radius 1 is 1.33 bits per heavy atom. The minimum atomic E-state index is 0.273. The van der Waals surface area contributed by atoms with Crippen LogP contribution in [0.2, 0.25) is 0 Å². The van der Waals surface area contributed by atoms with E-state index in [0.717, 1.165) is 0 Å². The summed E-state index contributed by atoms with van der Waals surface area (Å²) in [6, 6.07) is 0.644. The van der Waals surface area contributed by atoms with E-state index in [1.165, 1.54) is 6.42 Å². The average Bonchev–Trinajstić information content (AvgIpc) is 1.62. The van der Waals surface area contributed by atoms with Crippen LogP contribution in [0.3, 0.4) is 0 Å². The first-order valence-electron chi connectivity index (χ1n) is 3.73. The first kappa shape index (κ1) is 8.96. The molecule has 1 atom stereocenters. The maximum Gasteiger partial charge on any atom is 0.00989 e. The molecule has 0 radical (unpaired) electrons. The predicted octanol–water partition coefficient (Wildman–Crippen LogP) is 2.17. The van der Waals surface area contributed by atoms with Crippen molar-refractivity contribution in [2.75, 3.05) is 0 Å². The fourth-order valence-electron chi connectivity index (χ4n) is 0.841. The van der Waals surface area contributed by atoms with Gasteiger partial charge in [0.25, 0.3) is 0 Å². The molecule has 0 aliphatic rings. The Kier molecular flexibility index (Phi) is 3.20. The van der Waals surface area contributed by atoms with Crippen molar-refractivity contribution in [3.63, 3.8) is 0 Å². The molecule has 0 aromatic heterocycles. The fourth-order valence-corrected chi connectivity index (χ4v) is 0.841. The lowest BCUT2D eigenvalue weighted by Gasteiger charge is -2.25. The Bertz CT molecular complexity index is 71.1. The Balaban J connectivity index is 3.47. The topological polar surface area (TPSA) is 12.0 Å². The maximum atomic E-state index is 3.47. The third-order valence-corrected chi connectivity index (χ3v) is 1.29. The fraction of sp³-hybridized carbons (Fsp3) is 1.00. The molecular weight excluding hydrogens is 110 g/mol. The molecule has 1 nitrogen and oxygen atoms in total. The van der Waals surface area contributed by atoms with Gasteiger partial charge >= 0.3 is 0 Å². The third kappa shape index (κ3) is 5.84. The molecule has 0 fully saturated rings. The Hall–Kier alpha value is -0.0400. The second-order valence-corrected chi connectivity index (χ2v) is 3.70. The van der Waals surface area contributed by atoms with Crippen molar-refractivity contribution in [2.45, 2.75) is 52.6 Å². The van der Waals surface area contributed by atoms with Crippen LogP contribution in [0.1, 0.15) is 41.0 Å². The van der Waals surface area contributed by atoms with E-state index in [-0.39, 0.29) is 5.54 Å². The van der Waals surface area contributed by atoms with Crippen LogP contribution in [-0.2, 0) is 0 Å². The lowest BCUT2D eigenvalue weighted by molar-refractivity contribution is 0.367. The van der Waals surface area contributed by atoms with Gasteiger partial charge in [0.15, 0.2) is 0 Å². The quantitative estimate of drug-likeness (QED) is 0.602. The van der Waals surface area contributed by atoms with Crippen molar-refractivity contribution < 1.29 is 0 Å². The van der Waals surface area contributed by atoms with Crippen LogP contribution in [0.25, 0.3) is 0 Å². The second-order valence-electron chi connectivity index (χ2n) is 3.70.